The van der Waals surface area contributed by atoms with Crippen LogP contribution < -0.4 is 9.64 Å². The van der Waals surface area contributed by atoms with Gasteiger partial charge in [0.25, 0.3) is 5.91 Å². The van der Waals surface area contributed by atoms with Gasteiger partial charge in [-0.25, -0.2) is 13.4 Å². The first-order valence-electron chi connectivity index (χ1n) is 9.44. The zero-order valence-electron chi connectivity index (χ0n) is 17.0. The average molecular weight is 457 g/mol. The number of benzene rings is 1. The van der Waals surface area contributed by atoms with Gasteiger partial charge in [-0.05, 0) is 36.8 Å². The van der Waals surface area contributed by atoms with Gasteiger partial charge >= 0.3 is 6.18 Å². The van der Waals surface area contributed by atoms with Crippen molar-refractivity contribution in [1.82, 2.24) is 9.88 Å². The van der Waals surface area contributed by atoms with Gasteiger partial charge in [0.05, 0.1) is 10.5 Å². The molecule has 1 aromatic heterocycles. The Morgan fingerprint density at radius 2 is 1.81 bits per heavy atom. The Bertz CT molecular complexity index is 1050. The summed E-state index contributed by atoms with van der Waals surface area (Å²) in [6.07, 6.45) is -1.89. The molecule has 1 aromatic carbocycles. The van der Waals surface area contributed by atoms with E-state index < -0.39 is 28.5 Å². The van der Waals surface area contributed by atoms with Crippen LogP contribution in [0.2, 0.25) is 0 Å². The van der Waals surface area contributed by atoms with E-state index >= 15 is 0 Å². The van der Waals surface area contributed by atoms with Crippen LogP contribution in [0.3, 0.4) is 0 Å². The smallest absolute Gasteiger partial charge is 0.422 e. The number of carbonyl (C=O) groups excluding carboxylic acids is 1. The molecule has 11 heteroatoms. The van der Waals surface area contributed by atoms with Crippen LogP contribution in [0.15, 0.2) is 41.4 Å². The standard InChI is InChI=1S/C20H22F3N3O4S/c1-14-3-6-18(24-12-14)25-7-9-26(10-8-25)19(27)16-11-15(31(2,28)29)4-5-17(16)30-13-20(21,22)23/h3-6,11-12H,7-10,13H2,1-2H3. The van der Waals surface area contributed by atoms with Crippen molar-refractivity contribution in [3.05, 3.63) is 47.7 Å². The molecule has 2 aromatic rings. The fourth-order valence-electron chi connectivity index (χ4n) is 3.15. The molecule has 1 aliphatic rings. The van der Waals surface area contributed by atoms with E-state index in [2.05, 4.69) is 4.98 Å². The van der Waals surface area contributed by atoms with Gasteiger partial charge in [0.2, 0.25) is 0 Å². The van der Waals surface area contributed by atoms with Crippen LogP contribution in [0.5, 0.6) is 5.75 Å². The summed E-state index contributed by atoms with van der Waals surface area (Å²) in [5, 5.41) is 0. The summed E-state index contributed by atoms with van der Waals surface area (Å²) in [7, 11) is -3.66. The number of alkyl halides is 3. The third kappa shape index (κ3) is 5.87. The van der Waals surface area contributed by atoms with Crippen molar-refractivity contribution in [2.24, 2.45) is 0 Å². The lowest BCUT2D eigenvalue weighted by Gasteiger charge is -2.35. The number of rotatable bonds is 5. The molecular formula is C20H22F3N3O4S. The number of hydrogen-bond donors (Lipinski definition) is 0. The third-order valence-electron chi connectivity index (χ3n) is 4.79. The molecule has 1 amide bonds. The number of piperazine rings is 1. The van der Waals surface area contributed by atoms with Crippen molar-refractivity contribution in [1.29, 1.82) is 0 Å². The number of hydrogen-bond acceptors (Lipinski definition) is 6. The Morgan fingerprint density at radius 3 is 2.35 bits per heavy atom. The molecule has 1 aliphatic heterocycles. The number of sulfone groups is 1. The minimum Gasteiger partial charge on any atom is -0.483 e. The van der Waals surface area contributed by atoms with Crippen molar-refractivity contribution in [2.45, 2.75) is 18.0 Å². The maximum Gasteiger partial charge on any atom is 0.422 e. The average Bonchev–Trinajstić information content (AvgIpc) is 2.71. The molecule has 0 unspecified atom stereocenters. The van der Waals surface area contributed by atoms with E-state index in [4.69, 9.17) is 4.74 Å². The van der Waals surface area contributed by atoms with Gasteiger partial charge in [-0.1, -0.05) is 6.07 Å². The van der Waals surface area contributed by atoms with Crippen LogP contribution in [0, 0.1) is 6.92 Å². The van der Waals surface area contributed by atoms with Crippen LogP contribution in [0.4, 0.5) is 19.0 Å². The van der Waals surface area contributed by atoms with Gasteiger partial charge in [0.1, 0.15) is 11.6 Å². The first-order valence-corrected chi connectivity index (χ1v) is 11.3. The first-order chi connectivity index (χ1) is 14.4. The normalized spacial score (nSPS) is 15.1. The van der Waals surface area contributed by atoms with Crippen molar-refractivity contribution in [3.8, 4) is 5.75 Å². The SMILES string of the molecule is Cc1ccc(N2CCN(C(=O)c3cc(S(C)(=O)=O)ccc3OCC(F)(F)F)CC2)nc1. The lowest BCUT2D eigenvalue weighted by Crippen LogP contribution is -2.49. The number of anilines is 1. The van der Waals surface area contributed by atoms with Crippen LogP contribution in [0.1, 0.15) is 15.9 Å². The maximum absolute atomic E-state index is 13.0. The Hall–Kier alpha value is -2.82. The van der Waals surface area contributed by atoms with Crippen LogP contribution >= 0.6 is 0 Å². The third-order valence-corrected chi connectivity index (χ3v) is 5.90. The molecule has 2 heterocycles. The van der Waals surface area contributed by atoms with Gasteiger partial charge in [0.15, 0.2) is 16.4 Å². The molecule has 31 heavy (non-hydrogen) atoms. The summed E-state index contributed by atoms with van der Waals surface area (Å²) in [6.45, 7) is 1.90. The molecule has 0 N–H and O–H groups in total. The Morgan fingerprint density at radius 1 is 1.13 bits per heavy atom. The Labute approximate surface area is 178 Å². The second kappa shape index (κ2) is 8.74. The molecule has 1 fully saturated rings. The predicted molar refractivity (Wildman–Crippen MR) is 108 cm³/mol. The van der Waals surface area contributed by atoms with Gasteiger partial charge in [-0.15, -0.1) is 0 Å². The van der Waals surface area contributed by atoms with Crippen molar-refractivity contribution in [2.75, 3.05) is 43.9 Å². The van der Waals surface area contributed by atoms with Crippen molar-refractivity contribution >= 4 is 21.6 Å². The molecule has 168 valence electrons. The summed E-state index contributed by atoms with van der Waals surface area (Å²) < 4.78 is 66.3. The predicted octanol–water partition coefficient (Wildman–Crippen LogP) is 2.70. The lowest BCUT2D eigenvalue weighted by atomic mass is 10.1. The number of carbonyl (C=O) groups is 1. The van der Waals surface area contributed by atoms with Gasteiger partial charge in [-0.3, -0.25) is 4.79 Å². The fourth-order valence-corrected chi connectivity index (χ4v) is 3.80. The van der Waals surface area contributed by atoms with E-state index in [1.807, 2.05) is 24.0 Å². The molecule has 0 bridgehead atoms. The first kappa shape index (κ1) is 22.9. The number of amides is 1. The highest BCUT2D eigenvalue weighted by molar-refractivity contribution is 7.90. The maximum atomic E-state index is 13.0. The van der Waals surface area contributed by atoms with Crippen molar-refractivity contribution < 1.29 is 31.1 Å². The molecule has 3 rings (SSSR count). The summed E-state index contributed by atoms with van der Waals surface area (Å²) in [5.74, 6) is -0.123. The largest absolute Gasteiger partial charge is 0.483 e. The number of aromatic nitrogens is 1. The summed E-state index contributed by atoms with van der Waals surface area (Å²) in [5.41, 5.74) is 0.809. The zero-order valence-corrected chi connectivity index (χ0v) is 17.8. The number of ether oxygens (including phenoxy) is 1. The topological polar surface area (TPSA) is 79.8 Å². The number of pyridine rings is 1. The minimum atomic E-state index is -4.59. The van der Waals surface area contributed by atoms with E-state index in [0.29, 0.717) is 26.2 Å². The highest BCUT2D eigenvalue weighted by Gasteiger charge is 2.31. The summed E-state index contributed by atoms with van der Waals surface area (Å²) in [6, 6.07) is 7.09. The van der Waals surface area contributed by atoms with Gasteiger partial charge < -0.3 is 14.5 Å². The van der Waals surface area contributed by atoms with E-state index in [1.165, 1.54) is 4.90 Å². The Kier molecular flexibility index (Phi) is 6.44. The Balaban J connectivity index is 1.80. The summed E-state index contributed by atoms with van der Waals surface area (Å²) in [4.78, 5) is 20.7. The molecule has 0 radical (unpaired) electrons. The van der Waals surface area contributed by atoms with Gasteiger partial charge in [-0.2, -0.15) is 13.2 Å². The van der Waals surface area contributed by atoms with Gasteiger partial charge in [0, 0.05) is 38.6 Å². The van der Waals surface area contributed by atoms with E-state index in [9.17, 15) is 26.4 Å². The molecule has 0 spiro atoms. The number of nitrogens with zero attached hydrogens (tertiary/aromatic N) is 3. The van der Waals surface area contributed by atoms with Crippen molar-refractivity contribution in [3.63, 3.8) is 0 Å². The summed E-state index contributed by atoms with van der Waals surface area (Å²) >= 11 is 0. The second-order valence-electron chi connectivity index (χ2n) is 7.31. The number of halogens is 3. The molecule has 7 nitrogen and oxygen atoms in total. The number of aryl methyl sites for hydroxylation is 1. The molecule has 1 saturated heterocycles. The monoisotopic (exact) mass is 457 g/mol. The fraction of sp³-hybridized carbons (Fsp3) is 0.400. The molecular weight excluding hydrogens is 435 g/mol. The molecule has 0 aliphatic carbocycles. The van der Waals surface area contributed by atoms with E-state index in [-0.39, 0.29) is 16.2 Å². The molecule has 0 atom stereocenters. The minimum absolute atomic E-state index is 0.169. The van der Waals surface area contributed by atoms with Crippen LogP contribution in [0.25, 0.3) is 0 Å². The van der Waals surface area contributed by atoms with E-state index in [1.54, 1.807) is 6.20 Å². The van der Waals surface area contributed by atoms with E-state index in [0.717, 1.165) is 35.8 Å². The molecule has 0 saturated carbocycles. The quantitative estimate of drug-likeness (QED) is 0.687. The van der Waals surface area contributed by atoms with Crippen LogP contribution in [-0.4, -0.2) is 69.4 Å². The zero-order chi connectivity index (χ0) is 22.8. The second-order valence-corrected chi connectivity index (χ2v) is 9.32. The highest BCUT2D eigenvalue weighted by Crippen LogP contribution is 2.27. The van der Waals surface area contributed by atoms with Crippen LogP contribution in [-0.2, 0) is 9.84 Å². The highest BCUT2D eigenvalue weighted by atomic mass is 32.2. The lowest BCUT2D eigenvalue weighted by molar-refractivity contribution is -0.153.